The van der Waals surface area contributed by atoms with Crippen LogP contribution in [0.15, 0.2) is 34.1 Å². The zero-order valence-electron chi connectivity index (χ0n) is 15.6. The number of thioether (sulfide) groups is 2. The van der Waals surface area contributed by atoms with Crippen LogP contribution in [0.2, 0.25) is 0 Å². The van der Waals surface area contributed by atoms with Crippen LogP contribution in [0.1, 0.15) is 27.2 Å². The number of hydrogen-bond donors (Lipinski definition) is 3. The third kappa shape index (κ3) is 10.9. The lowest BCUT2D eigenvalue weighted by atomic mass is 10.1. The summed E-state index contributed by atoms with van der Waals surface area (Å²) < 4.78 is 8.00. The third-order valence-electron chi connectivity index (χ3n) is 2.93. The number of aliphatic hydroxyl groups excluding tert-OH is 1. The first-order valence-electron chi connectivity index (χ1n) is 7.65. The molecule has 2 unspecified atom stereocenters. The number of aliphatic hydroxyl groups is 2. The van der Waals surface area contributed by atoms with Crippen LogP contribution in [0.25, 0.3) is 0 Å². The average Bonchev–Trinajstić information content (AvgIpc) is 2.61. The number of ether oxygens (including phenoxy) is 2. The highest BCUT2D eigenvalue weighted by Crippen LogP contribution is 2.36. The first-order valence-corrected chi connectivity index (χ1v) is 9.41. The van der Waals surface area contributed by atoms with Gasteiger partial charge < -0.3 is 24.8 Å². The van der Waals surface area contributed by atoms with Crippen LogP contribution in [0.3, 0.4) is 0 Å². The summed E-state index contributed by atoms with van der Waals surface area (Å²) in [7, 11) is 1.19. The Balaban J connectivity index is 4.54. The molecule has 2 atom stereocenters. The van der Waals surface area contributed by atoms with E-state index in [1.54, 1.807) is 0 Å². The van der Waals surface area contributed by atoms with Gasteiger partial charge in [0.15, 0.2) is 4.27 Å². The van der Waals surface area contributed by atoms with Crippen molar-refractivity contribution in [1.29, 1.82) is 0 Å². The van der Waals surface area contributed by atoms with Gasteiger partial charge in [-0.3, -0.25) is 0 Å². The highest BCUT2D eigenvalue weighted by molar-refractivity contribution is 8.20. The van der Waals surface area contributed by atoms with E-state index in [-0.39, 0.29) is 29.7 Å². The molecule has 0 aliphatic rings. The minimum atomic E-state index is -1.39. The quantitative estimate of drug-likeness (QED) is 0.259. The Morgan fingerprint density at radius 2 is 1.67 bits per heavy atom. The summed E-state index contributed by atoms with van der Waals surface area (Å²) in [6, 6.07) is 0. The van der Waals surface area contributed by atoms with Gasteiger partial charge >= 0.3 is 17.9 Å². The molecule has 0 aliphatic heterocycles. The molecular formula is C17H24O8S2. The van der Waals surface area contributed by atoms with Gasteiger partial charge in [0.1, 0.15) is 6.61 Å². The summed E-state index contributed by atoms with van der Waals surface area (Å²) in [6.07, 6.45) is -1.21. The number of carboxylic acid groups (broad SMARTS) is 1. The number of methoxy groups -OCH3 is 1. The van der Waals surface area contributed by atoms with Crippen LogP contribution in [-0.4, -0.2) is 57.3 Å². The number of carbonyl (C=O) groups excluding carboxylic acids is 2. The van der Waals surface area contributed by atoms with Crippen molar-refractivity contribution < 1.29 is 39.2 Å². The molecule has 0 heterocycles. The van der Waals surface area contributed by atoms with E-state index >= 15 is 0 Å². The van der Waals surface area contributed by atoms with E-state index in [2.05, 4.69) is 11.3 Å². The molecule has 8 nitrogen and oxygen atoms in total. The molecule has 0 rings (SSSR count). The smallest absolute Gasteiger partial charge is 0.334 e. The molecule has 0 bridgehead atoms. The maximum atomic E-state index is 11.9. The summed E-state index contributed by atoms with van der Waals surface area (Å²) in [5.74, 6) is -2.45. The molecular weight excluding hydrogens is 396 g/mol. The number of rotatable bonds is 11. The Labute approximate surface area is 166 Å². The Morgan fingerprint density at radius 3 is 2.15 bits per heavy atom. The second kappa shape index (κ2) is 11.9. The molecule has 27 heavy (non-hydrogen) atoms. The first-order chi connectivity index (χ1) is 12.4. The molecule has 3 N–H and O–H groups in total. The topological polar surface area (TPSA) is 130 Å². The fraction of sp³-hybridized carbons (Fsp3) is 0.471. The molecule has 10 heteroatoms. The van der Waals surface area contributed by atoms with E-state index < -0.39 is 28.3 Å². The summed E-state index contributed by atoms with van der Waals surface area (Å²) in [4.78, 5) is 33.8. The second-order valence-corrected chi connectivity index (χ2v) is 8.38. The van der Waals surface area contributed by atoms with Crippen LogP contribution >= 0.6 is 23.5 Å². The van der Waals surface area contributed by atoms with Gasteiger partial charge in [-0.15, -0.1) is 0 Å². The summed E-state index contributed by atoms with van der Waals surface area (Å²) >= 11 is 1.79. The number of hydrogen-bond acceptors (Lipinski definition) is 9. The minimum absolute atomic E-state index is 0.0571. The van der Waals surface area contributed by atoms with Gasteiger partial charge in [0.2, 0.25) is 0 Å². The molecule has 0 aromatic carbocycles. The number of aliphatic carboxylic acids is 1. The molecule has 0 aromatic rings. The van der Waals surface area contributed by atoms with Crippen LogP contribution in [0, 0.1) is 0 Å². The monoisotopic (exact) mass is 420 g/mol. The second-order valence-electron chi connectivity index (χ2n) is 5.59. The van der Waals surface area contributed by atoms with Gasteiger partial charge in [-0.1, -0.05) is 30.1 Å². The number of carbonyl (C=O) groups is 3. The molecule has 152 valence electrons. The molecule has 0 aromatic heterocycles. The van der Waals surface area contributed by atoms with Crippen LogP contribution in [0.5, 0.6) is 0 Å². The lowest BCUT2D eigenvalue weighted by Crippen LogP contribution is -2.21. The number of carboxylic acids is 1. The maximum Gasteiger partial charge on any atom is 0.334 e. The van der Waals surface area contributed by atoms with Crippen molar-refractivity contribution in [3.05, 3.63) is 34.1 Å². The van der Waals surface area contributed by atoms with Crippen molar-refractivity contribution in [1.82, 2.24) is 0 Å². The minimum Gasteiger partial charge on any atom is -0.478 e. The largest absolute Gasteiger partial charge is 0.478 e. The van der Waals surface area contributed by atoms with Crippen molar-refractivity contribution in [2.24, 2.45) is 0 Å². The first kappa shape index (κ1) is 25.2. The van der Waals surface area contributed by atoms with Crippen molar-refractivity contribution in [2.75, 3.05) is 13.7 Å². The molecule has 0 fully saturated rings. The Morgan fingerprint density at radius 1 is 1.15 bits per heavy atom. The molecule has 0 radical (unpaired) electrons. The van der Waals surface area contributed by atoms with Crippen molar-refractivity contribution in [2.45, 2.75) is 37.6 Å². The van der Waals surface area contributed by atoms with Gasteiger partial charge in [-0.25, -0.2) is 14.4 Å². The molecule has 0 amide bonds. The molecule has 0 saturated carbocycles. The fourth-order valence-electron chi connectivity index (χ4n) is 1.38. The SMILES string of the molecule is C=C(CC(O)COC(=O)C(C)=CSC(C)(O)SC=C(C)C(=O)O)C(=O)OC. The zero-order chi connectivity index (χ0) is 21.2. The van der Waals surface area contributed by atoms with Crippen LogP contribution in [0.4, 0.5) is 0 Å². The highest BCUT2D eigenvalue weighted by Gasteiger charge is 2.21. The summed E-state index contributed by atoms with van der Waals surface area (Å²) in [5.41, 5.74) is 0.309. The van der Waals surface area contributed by atoms with Crippen molar-refractivity contribution in [3.8, 4) is 0 Å². The summed E-state index contributed by atoms with van der Waals surface area (Å²) in [6.45, 7) is 7.44. The molecule has 0 saturated heterocycles. The highest BCUT2D eigenvalue weighted by atomic mass is 32.2. The van der Waals surface area contributed by atoms with Gasteiger partial charge in [0, 0.05) is 23.1 Å². The van der Waals surface area contributed by atoms with Crippen molar-refractivity contribution in [3.63, 3.8) is 0 Å². The standard InChI is InChI=1S/C17H24O8S2/c1-10(15(21)24-5)6-13(18)7-25-16(22)12(3)9-27-17(4,23)26-8-11(2)14(19)20/h8-9,13,18,23H,1,6-7H2,2-5H3,(H,19,20). The van der Waals surface area contributed by atoms with E-state index in [0.29, 0.717) is 0 Å². The fourth-order valence-corrected chi connectivity index (χ4v) is 2.88. The Bertz CT molecular complexity index is 637. The van der Waals surface area contributed by atoms with Gasteiger partial charge in [0.25, 0.3) is 0 Å². The summed E-state index contributed by atoms with van der Waals surface area (Å²) in [5, 5.41) is 31.4. The Hall–Kier alpha value is -1.75. The predicted molar refractivity (Wildman–Crippen MR) is 104 cm³/mol. The van der Waals surface area contributed by atoms with E-state index in [9.17, 15) is 24.6 Å². The lowest BCUT2D eigenvalue weighted by molar-refractivity contribution is -0.142. The van der Waals surface area contributed by atoms with Crippen LogP contribution < -0.4 is 0 Å². The predicted octanol–water partition coefficient (Wildman–Crippen LogP) is 2.03. The Kier molecular flexibility index (Phi) is 11.1. The van der Waals surface area contributed by atoms with E-state index in [0.717, 1.165) is 23.5 Å². The van der Waals surface area contributed by atoms with E-state index in [4.69, 9.17) is 9.84 Å². The third-order valence-corrected chi connectivity index (χ3v) is 5.33. The number of esters is 2. The van der Waals surface area contributed by atoms with E-state index in [1.165, 1.54) is 38.7 Å². The van der Waals surface area contributed by atoms with Gasteiger partial charge in [-0.2, -0.15) is 0 Å². The van der Waals surface area contributed by atoms with Gasteiger partial charge in [-0.05, 0) is 31.6 Å². The average molecular weight is 421 g/mol. The normalized spacial score (nSPS) is 15.5. The lowest BCUT2D eigenvalue weighted by Gasteiger charge is -2.18. The van der Waals surface area contributed by atoms with Crippen molar-refractivity contribution >= 4 is 41.4 Å². The van der Waals surface area contributed by atoms with Gasteiger partial charge in [0.05, 0.1) is 13.2 Å². The molecule has 0 spiro atoms. The zero-order valence-corrected chi connectivity index (χ0v) is 17.2. The molecule has 0 aliphatic carbocycles. The van der Waals surface area contributed by atoms with E-state index in [1.807, 2.05) is 0 Å². The van der Waals surface area contributed by atoms with Crippen LogP contribution in [-0.2, 0) is 23.9 Å². The maximum absolute atomic E-state index is 11.9.